The zero-order chi connectivity index (χ0) is 3.98. The highest BCUT2D eigenvalue weighted by Gasteiger charge is 2.37. The lowest BCUT2D eigenvalue weighted by Crippen LogP contribution is -2.02. The van der Waals surface area contributed by atoms with Crippen LogP contribution in [0.1, 0.15) is 0 Å². The van der Waals surface area contributed by atoms with E-state index in [1.807, 2.05) is 0 Å². The van der Waals surface area contributed by atoms with Crippen molar-refractivity contribution in [2.45, 2.75) is 12.1 Å². The van der Waals surface area contributed by atoms with Crippen LogP contribution in [0.25, 0.3) is 0 Å². The van der Waals surface area contributed by atoms with Crippen molar-refractivity contribution in [1.29, 1.82) is 0 Å². The van der Waals surface area contributed by atoms with Crippen LogP contribution in [0.2, 0.25) is 0 Å². The Morgan fingerprint density at radius 3 is 1.50 bits per heavy atom. The lowest BCUT2D eigenvalue weighted by molar-refractivity contribution is 0.902. The molecule has 0 aromatic carbocycles. The van der Waals surface area contributed by atoms with Gasteiger partial charge in [0.15, 0.2) is 0 Å². The Kier molecular flexibility index (Phi) is 0.383. The van der Waals surface area contributed by atoms with E-state index in [4.69, 9.17) is 0 Å². The van der Waals surface area contributed by atoms with Gasteiger partial charge in [-0.25, -0.2) is 0 Å². The normalized spacial score (nSPS) is 52.0. The molecule has 0 aliphatic carbocycles. The molecule has 2 saturated heterocycles. The summed E-state index contributed by atoms with van der Waals surface area (Å²) in [5.74, 6) is 0. The van der Waals surface area contributed by atoms with Crippen LogP contribution in [-0.4, -0.2) is 25.2 Å². The van der Waals surface area contributed by atoms with Crippen molar-refractivity contribution in [3.8, 4) is 0 Å². The van der Waals surface area contributed by atoms with Gasteiger partial charge in [0.2, 0.25) is 0 Å². The summed E-state index contributed by atoms with van der Waals surface area (Å²) in [7, 11) is 0. The highest BCUT2D eigenvalue weighted by atomic mass is 15.2. The Balaban J connectivity index is 1.92. The zero-order valence-electron chi connectivity index (χ0n) is 3.57. The lowest BCUT2D eigenvalue weighted by atomic mass is 10.4. The molecular weight excluding hydrogens is 76.1 g/mol. The molecule has 2 aliphatic rings. The topological polar surface area (TPSA) is 43.9 Å². The molecule has 0 aromatic heterocycles. The molecule has 2 N–H and O–H groups in total. The van der Waals surface area contributed by atoms with Gasteiger partial charge in [0.25, 0.3) is 0 Å². The fourth-order valence-corrected chi connectivity index (χ4v) is 0.705. The van der Waals surface area contributed by atoms with E-state index in [0.717, 1.165) is 12.1 Å². The van der Waals surface area contributed by atoms with Gasteiger partial charge in [0.05, 0.1) is 0 Å². The molecule has 6 heavy (non-hydrogen) atoms. The number of rotatable bonds is 1. The summed E-state index contributed by atoms with van der Waals surface area (Å²) in [5.41, 5.74) is 0. The molecule has 0 radical (unpaired) electrons. The molecule has 2 atom stereocenters. The molecule has 0 saturated carbocycles. The van der Waals surface area contributed by atoms with E-state index < -0.39 is 0 Å². The highest BCUT2D eigenvalue weighted by molar-refractivity contribution is 5.03. The minimum atomic E-state index is 0.852. The average Bonchev–Trinajstić information content (AvgIpc) is 2.26. The van der Waals surface area contributed by atoms with Crippen molar-refractivity contribution in [3.05, 3.63) is 0 Å². The molecule has 0 amide bonds. The van der Waals surface area contributed by atoms with Gasteiger partial charge in [0.1, 0.15) is 0 Å². The van der Waals surface area contributed by atoms with E-state index in [9.17, 15) is 0 Å². The maximum atomic E-state index is 3.23. The first-order valence-corrected chi connectivity index (χ1v) is 2.43. The smallest absolute Gasteiger partial charge is 0.0359 e. The van der Waals surface area contributed by atoms with E-state index >= 15 is 0 Å². The molecule has 2 fully saturated rings. The summed E-state index contributed by atoms with van der Waals surface area (Å²) in [5, 5.41) is 6.47. The highest BCUT2D eigenvalue weighted by Crippen LogP contribution is 2.10. The van der Waals surface area contributed by atoms with Crippen LogP contribution >= 0.6 is 0 Å². The third-order valence-corrected chi connectivity index (χ3v) is 1.37. The van der Waals surface area contributed by atoms with E-state index in [0.29, 0.717) is 0 Å². The third kappa shape index (κ3) is 0.340. The van der Waals surface area contributed by atoms with Gasteiger partial charge in [-0.1, -0.05) is 0 Å². The maximum absolute atomic E-state index is 3.23. The van der Waals surface area contributed by atoms with Gasteiger partial charge in [-0.2, -0.15) is 0 Å². The Labute approximate surface area is 36.9 Å². The average molecular weight is 84.1 g/mol. The second kappa shape index (κ2) is 0.768. The second-order valence-corrected chi connectivity index (χ2v) is 2.03. The summed E-state index contributed by atoms with van der Waals surface area (Å²) in [6.45, 7) is 2.50. The van der Waals surface area contributed by atoms with Crippen LogP contribution in [0.3, 0.4) is 0 Å². The Morgan fingerprint density at radius 1 is 1.00 bits per heavy atom. The first-order chi connectivity index (χ1) is 2.97. The van der Waals surface area contributed by atoms with E-state index in [-0.39, 0.29) is 0 Å². The van der Waals surface area contributed by atoms with Crippen molar-refractivity contribution >= 4 is 0 Å². The molecule has 2 nitrogen and oxygen atoms in total. The van der Waals surface area contributed by atoms with Gasteiger partial charge >= 0.3 is 0 Å². The molecule has 0 bridgehead atoms. The summed E-state index contributed by atoms with van der Waals surface area (Å²) in [4.78, 5) is 0. The van der Waals surface area contributed by atoms with Crippen LogP contribution in [0, 0.1) is 0 Å². The van der Waals surface area contributed by atoms with E-state index in [2.05, 4.69) is 10.6 Å². The minimum Gasteiger partial charge on any atom is -0.310 e. The molecule has 2 rings (SSSR count). The van der Waals surface area contributed by atoms with Crippen molar-refractivity contribution in [2.24, 2.45) is 0 Å². The van der Waals surface area contributed by atoms with Gasteiger partial charge < -0.3 is 10.6 Å². The predicted molar refractivity (Wildman–Crippen MR) is 23.6 cm³/mol. The van der Waals surface area contributed by atoms with E-state index in [1.54, 1.807) is 0 Å². The maximum Gasteiger partial charge on any atom is 0.0359 e. The predicted octanol–water partition coefficient (Wildman–Crippen LogP) is -1.07. The van der Waals surface area contributed by atoms with Gasteiger partial charge in [-0.3, -0.25) is 0 Å². The zero-order valence-corrected chi connectivity index (χ0v) is 3.57. The van der Waals surface area contributed by atoms with Crippen molar-refractivity contribution in [3.63, 3.8) is 0 Å². The SMILES string of the molecule is C1NC1C1CN1. The van der Waals surface area contributed by atoms with Crippen LogP contribution in [0.4, 0.5) is 0 Å². The quantitative estimate of drug-likeness (QED) is 0.397. The molecule has 0 spiro atoms. The first kappa shape index (κ1) is 2.99. The molecule has 2 heteroatoms. The van der Waals surface area contributed by atoms with Crippen LogP contribution in [-0.2, 0) is 0 Å². The summed E-state index contributed by atoms with van der Waals surface area (Å²) < 4.78 is 0. The minimum absolute atomic E-state index is 0.852. The van der Waals surface area contributed by atoms with E-state index in [1.165, 1.54) is 13.1 Å². The lowest BCUT2D eigenvalue weighted by Gasteiger charge is -1.75. The van der Waals surface area contributed by atoms with Crippen LogP contribution in [0.5, 0.6) is 0 Å². The summed E-state index contributed by atoms with van der Waals surface area (Å²) in [6.07, 6.45) is 0. The van der Waals surface area contributed by atoms with Crippen molar-refractivity contribution < 1.29 is 0 Å². The Hall–Kier alpha value is -0.0800. The molecule has 34 valence electrons. The van der Waals surface area contributed by atoms with Crippen LogP contribution < -0.4 is 10.6 Å². The van der Waals surface area contributed by atoms with Crippen LogP contribution in [0.15, 0.2) is 0 Å². The third-order valence-electron chi connectivity index (χ3n) is 1.37. The van der Waals surface area contributed by atoms with Gasteiger partial charge in [-0.15, -0.1) is 0 Å². The van der Waals surface area contributed by atoms with Crippen molar-refractivity contribution in [2.75, 3.05) is 13.1 Å². The first-order valence-electron chi connectivity index (χ1n) is 2.43. The number of hydrogen-bond acceptors (Lipinski definition) is 2. The number of hydrogen-bond donors (Lipinski definition) is 2. The molecule has 2 heterocycles. The summed E-state index contributed by atoms with van der Waals surface area (Å²) in [6, 6.07) is 1.70. The van der Waals surface area contributed by atoms with Gasteiger partial charge in [-0.05, 0) is 0 Å². The second-order valence-electron chi connectivity index (χ2n) is 2.03. The van der Waals surface area contributed by atoms with Gasteiger partial charge in [0, 0.05) is 25.2 Å². The molecule has 0 aromatic rings. The monoisotopic (exact) mass is 84.1 g/mol. The Morgan fingerprint density at radius 2 is 1.33 bits per heavy atom. The molecular formula is C4H8N2. The standard InChI is InChI=1S/C4H8N2/c1-3(5-1)4-2-6-4/h3-6H,1-2H2. The fourth-order valence-electron chi connectivity index (χ4n) is 0.705. The fraction of sp³-hybridized carbons (Fsp3) is 1.00. The Bertz CT molecular complexity index is 53.9. The largest absolute Gasteiger partial charge is 0.310 e. The number of nitrogens with one attached hydrogen (secondary N) is 2. The molecule has 2 unspecified atom stereocenters. The summed E-state index contributed by atoms with van der Waals surface area (Å²) >= 11 is 0. The molecule has 2 aliphatic heterocycles. The van der Waals surface area contributed by atoms with Crippen molar-refractivity contribution in [1.82, 2.24) is 10.6 Å².